The summed E-state index contributed by atoms with van der Waals surface area (Å²) >= 11 is 0. The van der Waals surface area contributed by atoms with Crippen LogP contribution in [0.15, 0.2) is 18.6 Å². The van der Waals surface area contributed by atoms with E-state index < -0.39 is 0 Å². The van der Waals surface area contributed by atoms with Gasteiger partial charge in [0.15, 0.2) is 0 Å². The Morgan fingerprint density at radius 3 is 3.21 bits per heavy atom. The van der Waals surface area contributed by atoms with Gasteiger partial charge in [0, 0.05) is 12.4 Å². The number of imidazole rings is 1. The Morgan fingerprint density at radius 1 is 1.47 bits per heavy atom. The largest absolute Gasteiger partial charge is 0.472 e. The van der Waals surface area contributed by atoms with Gasteiger partial charge in [-0.25, -0.2) is 4.98 Å². The molecule has 1 aliphatic carbocycles. The highest BCUT2D eigenvalue weighted by atomic mass is 16.5. The van der Waals surface area contributed by atoms with Crippen molar-refractivity contribution in [3.63, 3.8) is 0 Å². The van der Waals surface area contributed by atoms with Gasteiger partial charge in [-0.05, 0) is 25.2 Å². The number of hydrogen-bond acceptors (Lipinski definition) is 4. The second-order valence-corrected chi connectivity index (χ2v) is 5.31. The average Bonchev–Trinajstić information content (AvgIpc) is 2.87. The summed E-state index contributed by atoms with van der Waals surface area (Å²) in [5, 5.41) is 0. The predicted molar refractivity (Wildman–Crippen MR) is 74.1 cm³/mol. The molecular weight excluding hydrogens is 240 g/mol. The first-order chi connectivity index (χ1) is 9.26. The number of fused-ring (bicyclic) bond motifs is 1. The maximum Gasteiger partial charge on any atom is 0.260 e. The Bertz CT molecular complexity index is 566. The molecule has 2 heterocycles. The highest BCUT2D eigenvalue weighted by Crippen LogP contribution is 2.30. The minimum absolute atomic E-state index is 0.244. The van der Waals surface area contributed by atoms with Crippen molar-refractivity contribution in [2.75, 3.05) is 5.73 Å². The van der Waals surface area contributed by atoms with E-state index in [9.17, 15) is 0 Å². The molecule has 1 aliphatic rings. The van der Waals surface area contributed by atoms with Crippen LogP contribution in [0.2, 0.25) is 0 Å². The van der Waals surface area contributed by atoms with E-state index in [4.69, 9.17) is 10.5 Å². The van der Waals surface area contributed by atoms with Crippen LogP contribution in [0.1, 0.15) is 39.0 Å². The molecule has 0 bridgehead atoms. The maximum atomic E-state index is 6.07. The molecule has 0 amide bonds. The molecule has 0 aliphatic heterocycles. The zero-order valence-corrected chi connectivity index (χ0v) is 11.2. The molecule has 102 valence electrons. The molecule has 1 saturated carbocycles. The molecule has 0 aromatic carbocycles. The fourth-order valence-corrected chi connectivity index (χ4v) is 2.88. The summed E-state index contributed by atoms with van der Waals surface area (Å²) in [6.45, 7) is 2.25. The van der Waals surface area contributed by atoms with Gasteiger partial charge in [-0.2, -0.15) is 4.98 Å². The molecular formula is C14H20N4O. The van der Waals surface area contributed by atoms with Gasteiger partial charge in [-0.1, -0.05) is 19.8 Å². The molecule has 2 N–H and O–H groups in total. The number of nitrogens with two attached hydrogens (primary N) is 1. The number of hydrogen-bond donors (Lipinski definition) is 1. The van der Waals surface area contributed by atoms with Crippen molar-refractivity contribution in [2.45, 2.75) is 45.1 Å². The fourth-order valence-electron chi connectivity index (χ4n) is 2.88. The highest BCUT2D eigenvalue weighted by Gasteiger charge is 2.23. The molecule has 2 unspecified atom stereocenters. The predicted octanol–water partition coefficient (Wildman–Crippen LogP) is 2.66. The number of nitrogens with zero attached hydrogens (tertiary/aromatic N) is 3. The van der Waals surface area contributed by atoms with Crippen molar-refractivity contribution in [1.82, 2.24) is 14.4 Å². The lowest BCUT2D eigenvalue weighted by Crippen LogP contribution is -2.25. The van der Waals surface area contributed by atoms with Crippen molar-refractivity contribution in [3.05, 3.63) is 18.6 Å². The maximum absolute atomic E-state index is 6.07. The third kappa shape index (κ3) is 2.50. The van der Waals surface area contributed by atoms with Gasteiger partial charge in [-0.15, -0.1) is 0 Å². The van der Waals surface area contributed by atoms with Gasteiger partial charge >= 0.3 is 0 Å². The van der Waals surface area contributed by atoms with Crippen molar-refractivity contribution >= 4 is 11.5 Å². The second kappa shape index (κ2) is 5.07. The Balaban J connectivity index is 1.82. The molecule has 5 heteroatoms. The molecule has 2 aromatic heterocycles. The van der Waals surface area contributed by atoms with E-state index in [1.54, 1.807) is 12.4 Å². The number of ether oxygens (including phenoxy) is 1. The van der Waals surface area contributed by atoms with Gasteiger partial charge in [0.2, 0.25) is 5.65 Å². The van der Waals surface area contributed by atoms with Crippen LogP contribution in [0.25, 0.3) is 5.65 Å². The van der Waals surface area contributed by atoms with Crippen molar-refractivity contribution in [1.29, 1.82) is 0 Å². The number of rotatable bonds is 3. The standard InChI is InChI=1S/C14H20N4O/c1-2-10-4-3-5-11(8-10)19-14-13-16-6-7-18(13)9-12(15)17-14/h6-7,9-11H,2-5,8,15H2,1H3. The molecule has 0 radical (unpaired) electrons. The van der Waals surface area contributed by atoms with E-state index in [2.05, 4.69) is 16.9 Å². The third-order valence-electron chi connectivity index (χ3n) is 3.95. The quantitative estimate of drug-likeness (QED) is 0.921. The Kier molecular flexibility index (Phi) is 3.27. The highest BCUT2D eigenvalue weighted by molar-refractivity contribution is 5.52. The average molecular weight is 260 g/mol. The van der Waals surface area contributed by atoms with Gasteiger partial charge in [0.1, 0.15) is 11.9 Å². The molecule has 2 atom stereocenters. The van der Waals surface area contributed by atoms with E-state index in [1.165, 1.54) is 19.3 Å². The topological polar surface area (TPSA) is 65.4 Å². The lowest BCUT2D eigenvalue weighted by Gasteiger charge is -2.28. The van der Waals surface area contributed by atoms with Crippen LogP contribution in [0.3, 0.4) is 0 Å². The minimum atomic E-state index is 0.244. The molecule has 19 heavy (non-hydrogen) atoms. The number of anilines is 1. The normalized spacial score (nSPS) is 23.6. The summed E-state index contributed by atoms with van der Waals surface area (Å²) in [5.74, 6) is 1.80. The van der Waals surface area contributed by atoms with Crippen molar-refractivity contribution in [2.24, 2.45) is 5.92 Å². The first-order valence-electron chi connectivity index (χ1n) is 7.02. The molecule has 3 rings (SSSR count). The monoisotopic (exact) mass is 260 g/mol. The Morgan fingerprint density at radius 2 is 2.37 bits per heavy atom. The summed E-state index contributed by atoms with van der Waals surface area (Å²) in [6.07, 6.45) is 11.6. The zero-order chi connectivity index (χ0) is 13.2. The van der Waals surface area contributed by atoms with Gasteiger partial charge in [0.25, 0.3) is 5.88 Å². The molecule has 2 aromatic rings. The molecule has 5 nitrogen and oxygen atoms in total. The van der Waals surface area contributed by atoms with Crippen molar-refractivity contribution in [3.8, 4) is 5.88 Å². The lowest BCUT2D eigenvalue weighted by molar-refractivity contribution is 0.118. The van der Waals surface area contributed by atoms with Gasteiger partial charge in [-0.3, -0.25) is 4.40 Å². The number of aromatic nitrogens is 3. The Labute approximate surface area is 112 Å². The van der Waals surface area contributed by atoms with Crippen LogP contribution in [-0.4, -0.2) is 20.5 Å². The van der Waals surface area contributed by atoms with E-state index in [0.29, 0.717) is 11.7 Å². The zero-order valence-electron chi connectivity index (χ0n) is 11.2. The number of nitrogen functional groups attached to an aromatic ring is 1. The van der Waals surface area contributed by atoms with Crippen LogP contribution >= 0.6 is 0 Å². The molecule has 0 saturated heterocycles. The molecule has 1 fully saturated rings. The van der Waals surface area contributed by atoms with E-state index in [0.717, 1.165) is 24.4 Å². The summed E-state index contributed by atoms with van der Waals surface area (Å²) in [6, 6.07) is 0. The first kappa shape index (κ1) is 12.3. The van der Waals surface area contributed by atoms with Crippen LogP contribution in [-0.2, 0) is 0 Å². The van der Waals surface area contributed by atoms with E-state index in [-0.39, 0.29) is 6.10 Å². The van der Waals surface area contributed by atoms with Gasteiger partial charge < -0.3 is 10.5 Å². The van der Waals surface area contributed by atoms with Crippen LogP contribution in [0.5, 0.6) is 5.88 Å². The second-order valence-electron chi connectivity index (χ2n) is 5.31. The summed E-state index contributed by atoms with van der Waals surface area (Å²) in [4.78, 5) is 8.58. The fraction of sp³-hybridized carbons (Fsp3) is 0.571. The van der Waals surface area contributed by atoms with Crippen LogP contribution in [0, 0.1) is 5.92 Å². The first-order valence-corrected chi connectivity index (χ1v) is 7.02. The van der Waals surface area contributed by atoms with Crippen LogP contribution < -0.4 is 10.5 Å². The van der Waals surface area contributed by atoms with Crippen molar-refractivity contribution < 1.29 is 4.74 Å². The lowest BCUT2D eigenvalue weighted by atomic mass is 9.85. The molecule has 0 spiro atoms. The minimum Gasteiger partial charge on any atom is -0.472 e. The smallest absolute Gasteiger partial charge is 0.260 e. The van der Waals surface area contributed by atoms with E-state index in [1.807, 2.05) is 10.6 Å². The summed E-state index contributed by atoms with van der Waals surface area (Å²) in [5.41, 5.74) is 6.55. The van der Waals surface area contributed by atoms with Crippen LogP contribution in [0.4, 0.5) is 5.82 Å². The summed E-state index contributed by atoms with van der Waals surface area (Å²) in [7, 11) is 0. The SMILES string of the molecule is CCC1CCCC(Oc2nc(N)cn3ccnc23)C1. The Hall–Kier alpha value is -1.78. The van der Waals surface area contributed by atoms with Gasteiger partial charge in [0.05, 0.1) is 6.20 Å². The summed E-state index contributed by atoms with van der Waals surface area (Å²) < 4.78 is 7.92. The third-order valence-corrected chi connectivity index (χ3v) is 3.95. The van der Waals surface area contributed by atoms with E-state index >= 15 is 0 Å².